The zero-order valence-corrected chi connectivity index (χ0v) is 29.4. The molecule has 0 radical (unpaired) electrons. The maximum atomic E-state index is 16.5. The van der Waals surface area contributed by atoms with Gasteiger partial charge in [0.2, 0.25) is 0 Å². The third kappa shape index (κ3) is 5.29. The van der Waals surface area contributed by atoms with Crippen molar-refractivity contribution in [2.75, 3.05) is 0 Å². The van der Waals surface area contributed by atoms with Gasteiger partial charge in [0.05, 0.1) is 33.9 Å². The molecular weight excluding hydrogens is 709 g/mol. The van der Waals surface area contributed by atoms with Crippen LogP contribution in [0.4, 0.5) is 17.6 Å². The van der Waals surface area contributed by atoms with Crippen LogP contribution in [0.2, 0.25) is 0 Å². The molecule has 0 saturated carbocycles. The Labute approximate surface area is 318 Å². The van der Waals surface area contributed by atoms with Crippen LogP contribution in [0.15, 0.2) is 146 Å². The van der Waals surface area contributed by atoms with E-state index in [9.17, 15) is 0 Å². The molecule has 2 aliphatic heterocycles. The van der Waals surface area contributed by atoms with Crippen molar-refractivity contribution < 1.29 is 17.6 Å². The number of rotatable bonds is 4. The number of hydrogen-bond donors (Lipinski definition) is 2. The van der Waals surface area contributed by atoms with Gasteiger partial charge in [-0.2, -0.15) is 0 Å². The summed E-state index contributed by atoms with van der Waals surface area (Å²) in [6, 6.07) is 45.3. The molecule has 268 valence electrons. The lowest BCUT2D eigenvalue weighted by molar-refractivity contribution is 0.413. The van der Waals surface area contributed by atoms with Crippen molar-refractivity contribution >= 4 is 34.2 Å². The highest BCUT2D eigenvalue weighted by Gasteiger charge is 2.35. The Morgan fingerprint density at radius 3 is 0.946 bits per heavy atom. The maximum Gasteiger partial charge on any atom is 0.198 e. The molecule has 2 N–H and O–H groups in total. The Kier molecular flexibility index (Phi) is 7.85. The Morgan fingerprint density at radius 2 is 0.607 bits per heavy atom. The van der Waals surface area contributed by atoms with Crippen molar-refractivity contribution in [3.05, 3.63) is 180 Å². The van der Waals surface area contributed by atoms with Crippen LogP contribution in [0.25, 0.3) is 101 Å². The molecule has 8 heteroatoms. The second-order valence-corrected chi connectivity index (χ2v) is 13.6. The average molecular weight is 737 g/mol. The molecule has 5 aromatic carbocycles. The van der Waals surface area contributed by atoms with E-state index < -0.39 is 34.4 Å². The van der Waals surface area contributed by atoms with Crippen LogP contribution in [-0.2, 0) is 0 Å². The van der Waals surface area contributed by atoms with Crippen LogP contribution in [0, 0.1) is 23.3 Å². The minimum absolute atomic E-state index is 0.0521. The van der Waals surface area contributed by atoms with E-state index in [0.29, 0.717) is 55.7 Å². The van der Waals surface area contributed by atoms with E-state index in [-0.39, 0.29) is 11.4 Å². The monoisotopic (exact) mass is 736 g/mol. The van der Waals surface area contributed by atoms with Crippen molar-refractivity contribution in [2.24, 2.45) is 0 Å². The molecule has 56 heavy (non-hydrogen) atoms. The van der Waals surface area contributed by atoms with Crippen LogP contribution >= 0.6 is 0 Å². The first-order valence-electron chi connectivity index (χ1n) is 18.0. The number of aromatic amines is 2. The summed E-state index contributed by atoms with van der Waals surface area (Å²) in [5.41, 5.74) is 8.04. The molecule has 0 fully saturated rings. The summed E-state index contributed by atoms with van der Waals surface area (Å²) in [5.74, 6) is -6.89. The highest BCUT2D eigenvalue weighted by atomic mass is 19.2. The summed E-state index contributed by atoms with van der Waals surface area (Å²) >= 11 is 0. The lowest BCUT2D eigenvalue weighted by Gasteiger charge is -2.11. The number of nitrogens with one attached hydrogen (secondary N) is 2. The fraction of sp³-hybridized carbons (Fsp3) is 0. The summed E-state index contributed by atoms with van der Waals surface area (Å²) in [6.07, 6.45) is 3.97. The predicted molar refractivity (Wildman–Crippen MR) is 216 cm³/mol. The fourth-order valence-electron chi connectivity index (χ4n) is 7.82. The molecule has 0 amide bonds. The summed E-state index contributed by atoms with van der Waals surface area (Å²) in [6.45, 7) is 0. The molecule has 0 saturated heterocycles. The van der Waals surface area contributed by atoms with Gasteiger partial charge in [0.25, 0.3) is 0 Å². The van der Waals surface area contributed by atoms with Gasteiger partial charge < -0.3 is 9.97 Å². The SMILES string of the molecule is Fc1c(F)c(F)c2c(c1F)-c1nc-2c(-c2ccccc2)c2ccc([nH]2)c(-c2ccccc2)c2nc(c(-c3ccccc3)c3ccc([nH]3)c1-c1ccccc1)C=C2. The maximum absolute atomic E-state index is 16.5. The molecule has 8 bridgehead atoms. The summed E-state index contributed by atoms with van der Waals surface area (Å²) in [7, 11) is 0. The molecule has 0 spiro atoms. The van der Waals surface area contributed by atoms with Gasteiger partial charge >= 0.3 is 0 Å². The minimum atomic E-state index is -1.91. The summed E-state index contributed by atoms with van der Waals surface area (Å²) in [4.78, 5) is 17.4. The largest absolute Gasteiger partial charge is 0.354 e. The number of benzene rings is 5. The van der Waals surface area contributed by atoms with E-state index in [1.54, 1.807) is 0 Å². The molecule has 8 aromatic rings. The lowest BCUT2D eigenvalue weighted by Crippen LogP contribution is -2.01. The van der Waals surface area contributed by atoms with Gasteiger partial charge in [-0.1, -0.05) is 121 Å². The standard InChI is InChI=1S/C48H28F4N4/c49-43-41-42(44(50)46(52)45(43)51)48-40(30-19-11-4-12-20-30)36-26-24-34(55-36)38(28-15-7-2-8-16-28)32-22-21-31(53-32)37(27-13-5-1-6-14-27)33-23-25-35(54-33)39(47(41)56-48)29-17-9-3-10-18-29/h1-26,54-55H. The number of fused-ring (bicyclic) bond motifs is 11. The van der Waals surface area contributed by atoms with E-state index in [1.165, 1.54) is 0 Å². The zero-order valence-electron chi connectivity index (χ0n) is 29.4. The lowest BCUT2D eigenvalue weighted by atomic mass is 9.94. The van der Waals surface area contributed by atoms with Gasteiger partial charge in [0.1, 0.15) is 0 Å². The van der Waals surface area contributed by atoms with Crippen LogP contribution in [0.1, 0.15) is 11.4 Å². The predicted octanol–water partition coefficient (Wildman–Crippen LogP) is 13.0. The Bertz CT molecular complexity index is 2840. The molecular formula is C48H28F4N4. The van der Waals surface area contributed by atoms with Crippen LogP contribution in [0.3, 0.4) is 0 Å². The molecule has 4 nitrogen and oxygen atoms in total. The molecule has 0 aliphatic carbocycles. The van der Waals surface area contributed by atoms with Crippen molar-refractivity contribution in [3.63, 3.8) is 0 Å². The number of hydrogen-bond acceptors (Lipinski definition) is 2. The molecule has 5 heterocycles. The normalized spacial score (nSPS) is 11.9. The van der Waals surface area contributed by atoms with Crippen molar-refractivity contribution in [3.8, 4) is 67.0 Å². The first-order valence-corrected chi connectivity index (χ1v) is 18.0. The van der Waals surface area contributed by atoms with Crippen molar-refractivity contribution in [1.29, 1.82) is 0 Å². The van der Waals surface area contributed by atoms with Gasteiger partial charge in [-0.15, -0.1) is 0 Å². The highest BCUT2D eigenvalue weighted by Crippen LogP contribution is 2.49. The molecule has 2 aliphatic rings. The number of halogens is 4. The first kappa shape index (κ1) is 33.3. The van der Waals surface area contributed by atoms with Crippen molar-refractivity contribution in [2.45, 2.75) is 0 Å². The van der Waals surface area contributed by atoms with Crippen LogP contribution in [0.5, 0.6) is 0 Å². The van der Waals surface area contributed by atoms with Crippen molar-refractivity contribution in [1.82, 2.24) is 19.9 Å². The zero-order chi connectivity index (χ0) is 37.9. The Morgan fingerprint density at radius 1 is 0.304 bits per heavy atom. The van der Waals surface area contributed by atoms with Gasteiger partial charge in [-0.3, -0.25) is 0 Å². The molecule has 0 unspecified atom stereocenters. The van der Waals surface area contributed by atoms with Gasteiger partial charge in [-0.05, 0) is 58.7 Å². The third-order valence-corrected chi connectivity index (χ3v) is 10.3. The number of aromatic nitrogens is 4. The molecule has 10 rings (SSSR count). The minimum Gasteiger partial charge on any atom is -0.354 e. The van der Waals surface area contributed by atoms with E-state index in [1.807, 2.05) is 158 Å². The number of H-pyrrole nitrogens is 2. The van der Waals surface area contributed by atoms with Crippen LogP contribution in [-0.4, -0.2) is 19.9 Å². The summed E-state index contributed by atoms with van der Waals surface area (Å²) in [5, 5.41) is 0. The molecule has 3 aromatic heterocycles. The first-order chi connectivity index (χ1) is 27.5. The summed E-state index contributed by atoms with van der Waals surface area (Å²) < 4.78 is 63.9. The fourth-order valence-corrected chi connectivity index (χ4v) is 7.82. The van der Waals surface area contributed by atoms with E-state index in [0.717, 1.165) is 22.3 Å². The average Bonchev–Trinajstić information content (AvgIpc) is 4.08. The van der Waals surface area contributed by atoms with E-state index in [4.69, 9.17) is 9.97 Å². The van der Waals surface area contributed by atoms with Crippen LogP contribution < -0.4 is 0 Å². The Balaban J connectivity index is 1.49. The van der Waals surface area contributed by atoms with E-state index in [2.05, 4.69) is 9.97 Å². The quantitative estimate of drug-likeness (QED) is 0.107. The van der Waals surface area contributed by atoms with Gasteiger partial charge in [-0.25, -0.2) is 27.5 Å². The third-order valence-electron chi connectivity index (χ3n) is 10.3. The molecule has 0 atom stereocenters. The second kappa shape index (κ2) is 13.2. The highest BCUT2D eigenvalue weighted by molar-refractivity contribution is 6.05. The van der Waals surface area contributed by atoms with E-state index >= 15 is 17.6 Å². The van der Waals surface area contributed by atoms with Gasteiger partial charge in [0.15, 0.2) is 23.3 Å². The van der Waals surface area contributed by atoms with Gasteiger partial charge in [0, 0.05) is 44.3 Å². The topological polar surface area (TPSA) is 57.4 Å². The Hall–Kier alpha value is -7.32. The second-order valence-electron chi connectivity index (χ2n) is 13.6. The smallest absolute Gasteiger partial charge is 0.198 e. The number of nitrogens with zero attached hydrogens (tertiary/aromatic N) is 2.